The van der Waals surface area contributed by atoms with E-state index in [0.717, 1.165) is 27.9 Å². The van der Waals surface area contributed by atoms with Gasteiger partial charge >= 0.3 is 0 Å². The zero-order chi connectivity index (χ0) is 21.0. The van der Waals surface area contributed by atoms with Gasteiger partial charge in [0.2, 0.25) is 5.90 Å². The molecule has 0 atom stereocenters. The molecule has 0 unspecified atom stereocenters. The van der Waals surface area contributed by atoms with E-state index in [1.807, 2.05) is 66.7 Å². The maximum Gasteiger partial charge on any atom is 0.222 e. The molecule has 1 spiro atoms. The van der Waals surface area contributed by atoms with Gasteiger partial charge in [-0.2, -0.15) is 0 Å². The van der Waals surface area contributed by atoms with Gasteiger partial charge in [0.05, 0.1) is 5.69 Å². The van der Waals surface area contributed by atoms with Gasteiger partial charge in [0.25, 0.3) is 0 Å². The van der Waals surface area contributed by atoms with Crippen LogP contribution in [0, 0.1) is 0 Å². The zero-order valence-corrected chi connectivity index (χ0v) is 16.3. The zero-order valence-electron chi connectivity index (χ0n) is 16.3. The topological polar surface area (TPSA) is 71.3 Å². The van der Waals surface area contributed by atoms with Crippen molar-refractivity contribution in [1.29, 1.82) is 0 Å². The van der Waals surface area contributed by atoms with E-state index < -0.39 is 5.60 Å². The van der Waals surface area contributed by atoms with Crippen LogP contribution in [0.2, 0.25) is 0 Å². The normalized spacial score (nSPS) is 15.0. The summed E-state index contributed by atoms with van der Waals surface area (Å²) in [6.45, 7) is 0. The van der Waals surface area contributed by atoms with Crippen molar-refractivity contribution < 1.29 is 19.7 Å². The molecule has 6 rings (SSSR count). The third kappa shape index (κ3) is 2.53. The first-order valence-electron chi connectivity index (χ1n) is 9.93. The first kappa shape index (κ1) is 17.6. The predicted octanol–water partition coefficient (Wildman–Crippen LogP) is 5.60. The fourth-order valence-electron chi connectivity index (χ4n) is 4.34. The number of phenols is 2. The monoisotopic (exact) mass is 407 g/mol. The van der Waals surface area contributed by atoms with Gasteiger partial charge in [-0.3, -0.25) is 0 Å². The number of ether oxygens (including phenoxy) is 2. The molecule has 31 heavy (non-hydrogen) atoms. The summed E-state index contributed by atoms with van der Waals surface area (Å²) in [5.74, 6) is 1.57. The van der Waals surface area contributed by atoms with Crippen molar-refractivity contribution in [3.8, 4) is 23.0 Å². The van der Waals surface area contributed by atoms with Gasteiger partial charge in [-0.15, -0.1) is 0 Å². The average Bonchev–Trinajstić information content (AvgIpc) is 2.79. The summed E-state index contributed by atoms with van der Waals surface area (Å²) in [7, 11) is 0. The fourth-order valence-corrected chi connectivity index (χ4v) is 4.34. The van der Waals surface area contributed by atoms with E-state index in [1.165, 1.54) is 0 Å². The highest BCUT2D eigenvalue weighted by molar-refractivity contribution is 5.98. The van der Waals surface area contributed by atoms with Crippen molar-refractivity contribution in [2.24, 2.45) is 4.99 Å². The number of hydrogen-bond acceptors (Lipinski definition) is 5. The van der Waals surface area contributed by atoms with Crippen LogP contribution in [0.4, 0.5) is 5.69 Å². The van der Waals surface area contributed by atoms with E-state index in [2.05, 4.69) is 0 Å². The van der Waals surface area contributed by atoms with Gasteiger partial charge in [-0.05, 0) is 42.5 Å². The molecule has 0 aromatic heterocycles. The lowest BCUT2D eigenvalue weighted by Gasteiger charge is -2.43. The molecule has 5 nitrogen and oxygen atoms in total. The lowest BCUT2D eigenvalue weighted by Crippen LogP contribution is -2.40. The second kappa shape index (κ2) is 6.37. The highest BCUT2D eigenvalue weighted by Crippen LogP contribution is 2.57. The maximum absolute atomic E-state index is 10.1. The smallest absolute Gasteiger partial charge is 0.222 e. The van der Waals surface area contributed by atoms with Gasteiger partial charge in [-0.25, -0.2) is 4.99 Å². The first-order valence-corrected chi connectivity index (χ1v) is 9.93. The largest absolute Gasteiger partial charge is 0.508 e. The van der Waals surface area contributed by atoms with Crippen molar-refractivity contribution in [2.45, 2.75) is 5.60 Å². The molecule has 150 valence electrons. The first-order chi connectivity index (χ1) is 15.1. The number of benzene rings is 4. The maximum atomic E-state index is 10.1. The van der Waals surface area contributed by atoms with E-state index in [4.69, 9.17) is 14.5 Å². The molecule has 2 heterocycles. The Morgan fingerprint density at radius 2 is 1.26 bits per heavy atom. The average molecular weight is 407 g/mol. The van der Waals surface area contributed by atoms with Gasteiger partial charge in [-0.1, -0.05) is 36.4 Å². The number of rotatable bonds is 1. The van der Waals surface area contributed by atoms with Crippen LogP contribution < -0.4 is 4.74 Å². The summed E-state index contributed by atoms with van der Waals surface area (Å²) in [6.07, 6.45) is 0. The third-order valence-electron chi connectivity index (χ3n) is 5.68. The Balaban J connectivity index is 1.71. The summed E-state index contributed by atoms with van der Waals surface area (Å²) in [5, 5.41) is 20.2. The Kier molecular flexibility index (Phi) is 3.62. The lowest BCUT2D eigenvalue weighted by atomic mass is 9.76. The highest BCUT2D eigenvalue weighted by atomic mass is 16.5. The van der Waals surface area contributed by atoms with Crippen LogP contribution >= 0.6 is 0 Å². The second-order valence-corrected chi connectivity index (χ2v) is 7.55. The Morgan fingerprint density at radius 3 is 1.94 bits per heavy atom. The number of hydrogen-bond donors (Lipinski definition) is 2. The van der Waals surface area contributed by atoms with Crippen LogP contribution in [0.25, 0.3) is 0 Å². The number of phenolic OH excluding ortho intramolecular Hbond substituents is 2. The molecule has 0 amide bonds. The Labute approximate surface area is 178 Å². The van der Waals surface area contributed by atoms with Crippen molar-refractivity contribution in [1.82, 2.24) is 0 Å². The molecule has 0 aliphatic carbocycles. The molecule has 2 aliphatic heterocycles. The number of aromatic hydroxyl groups is 2. The molecule has 0 radical (unpaired) electrons. The van der Waals surface area contributed by atoms with Gasteiger partial charge in [0.1, 0.15) is 23.0 Å². The van der Waals surface area contributed by atoms with Gasteiger partial charge in [0, 0.05) is 34.4 Å². The number of para-hydroxylation sites is 1. The summed E-state index contributed by atoms with van der Waals surface area (Å²) in [5.41, 5.74) is 2.93. The van der Waals surface area contributed by atoms with Gasteiger partial charge < -0.3 is 19.7 Å². The van der Waals surface area contributed by atoms with E-state index in [9.17, 15) is 10.2 Å². The van der Waals surface area contributed by atoms with Crippen molar-refractivity contribution in [3.05, 3.63) is 113 Å². The summed E-state index contributed by atoms with van der Waals surface area (Å²) in [4.78, 5) is 4.80. The van der Waals surface area contributed by atoms with E-state index in [-0.39, 0.29) is 11.5 Å². The SMILES string of the molecule is Oc1ccc2c(c1)Oc1cc(O)ccc1C21OC(c2ccccc2)=Nc2ccccc21. The van der Waals surface area contributed by atoms with Crippen molar-refractivity contribution in [2.75, 3.05) is 0 Å². The molecular formula is C26H17NO4. The molecular weight excluding hydrogens is 390 g/mol. The van der Waals surface area contributed by atoms with E-state index in [1.54, 1.807) is 24.3 Å². The molecule has 0 bridgehead atoms. The molecule has 0 saturated heterocycles. The molecule has 2 aliphatic rings. The van der Waals surface area contributed by atoms with Crippen LogP contribution in [-0.4, -0.2) is 16.1 Å². The van der Waals surface area contributed by atoms with E-state index >= 15 is 0 Å². The second-order valence-electron chi connectivity index (χ2n) is 7.55. The standard InChI is InChI=1S/C26H17NO4/c28-17-10-12-20-23(14-17)30-24-15-18(29)11-13-21(24)26(20)19-8-4-5-9-22(19)27-25(31-26)16-6-2-1-3-7-16/h1-15,28-29H. The van der Waals surface area contributed by atoms with Crippen LogP contribution in [0.3, 0.4) is 0 Å². The number of nitrogens with zero attached hydrogens (tertiary/aromatic N) is 1. The molecule has 5 heteroatoms. The summed E-state index contributed by atoms with van der Waals surface area (Å²) in [6, 6.07) is 27.5. The number of aliphatic imine (C=N–C) groups is 1. The minimum atomic E-state index is -1.06. The molecule has 0 saturated carbocycles. The van der Waals surface area contributed by atoms with Crippen LogP contribution in [0.1, 0.15) is 22.3 Å². The van der Waals surface area contributed by atoms with Crippen molar-refractivity contribution >= 4 is 11.6 Å². The highest BCUT2D eigenvalue weighted by Gasteiger charge is 2.50. The minimum Gasteiger partial charge on any atom is -0.508 e. The fraction of sp³-hybridized carbons (Fsp3) is 0.0385. The Morgan fingerprint density at radius 1 is 0.645 bits per heavy atom. The van der Waals surface area contributed by atoms with Crippen LogP contribution in [0.15, 0.2) is 96.0 Å². The molecule has 0 fully saturated rings. The van der Waals surface area contributed by atoms with Crippen LogP contribution in [0.5, 0.6) is 23.0 Å². The Hall–Kier alpha value is -4.25. The number of fused-ring (bicyclic) bond motifs is 6. The third-order valence-corrected chi connectivity index (χ3v) is 5.68. The Bertz CT molecular complexity index is 1310. The molecule has 4 aromatic carbocycles. The molecule has 4 aromatic rings. The van der Waals surface area contributed by atoms with E-state index in [0.29, 0.717) is 17.4 Å². The minimum absolute atomic E-state index is 0.0820. The quantitative estimate of drug-likeness (QED) is 0.431. The predicted molar refractivity (Wildman–Crippen MR) is 116 cm³/mol. The lowest BCUT2D eigenvalue weighted by molar-refractivity contribution is 0.124. The molecule has 2 N–H and O–H groups in total. The van der Waals surface area contributed by atoms with Gasteiger partial charge in [0.15, 0.2) is 5.60 Å². The summed E-state index contributed by atoms with van der Waals surface area (Å²) < 4.78 is 12.8. The van der Waals surface area contributed by atoms with Crippen LogP contribution in [-0.2, 0) is 10.3 Å². The summed E-state index contributed by atoms with van der Waals surface area (Å²) >= 11 is 0. The van der Waals surface area contributed by atoms with Crippen molar-refractivity contribution in [3.63, 3.8) is 0 Å².